The third kappa shape index (κ3) is 3.40. The molecule has 1 aliphatic rings. The first-order valence-corrected chi connectivity index (χ1v) is 8.97. The predicted molar refractivity (Wildman–Crippen MR) is 99.5 cm³/mol. The molecule has 0 spiro atoms. The van der Waals surface area contributed by atoms with E-state index in [1.165, 1.54) is 18.2 Å². The van der Waals surface area contributed by atoms with E-state index < -0.39 is 23.5 Å². The molecule has 12 heteroatoms. The molecule has 1 aromatic carbocycles. The number of rotatable bonds is 6. The van der Waals surface area contributed by atoms with E-state index in [2.05, 4.69) is 41.0 Å². The van der Waals surface area contributed by atoms with Crippen LogP contribution in [0.3, 0.4) is 0 Å². The van der Waals surface area contributed by atoms with E-state index in [9.17, 15) is 17.6 Å². The zero-order valence-electron chi connectivity index (χ0n) is 15.2. The lowest BCUT2D eigenvalue weighted by Crippen LogP contribution is -2.07. The molecular formula is C18H14F4N8. The van der Waals surface area contributed by atoms with Crippen molar-refractivity contribution in [2.24, 2.45) is 0 Å². The summed E-state index contributed by atoms with van der Waals surface area (Å²) in [4.78, 5) is 7.91. The Morgan fingerprint density at radius 2 is 1.97 bits per heavy atom. The highest BCUT2D eigenvalue weighted by atomic mass is 19.3. The van der Waals surface area contributed by atoms with Crippen molar-refractivity contribution in [2.75, 3.05) is 10.6 Å². The van der Waals surface area contributed by atoms with Gasteiger partial charge in [0.15, 0.2) is 17.5 Å². The topological polar surface area (TPSA) is 107 Å². The Labute approximate surface area is 166 Å². The van der Waals surface area contributed by atoms with E-state index in [4.69, 9.17) is 0 Å². The van der Waals surface area contributed by atoms with Crippen LogP contribution in [0.2, 0.25) is 0 Å². The van der Waals surface area contributed by atoms with E-state index in [-0.39, 0.29) is 36.2 Å². The fourth-order valence-electron chi connectivity index (χ4n) is 3.20. The zero-order chi connectivity index (χ0) is 20.9. The van der Waals surface area contributed by atoms with Crippen molar-refractivity contribution in [3.8, 4) is 0 Å². The number of fused-ring (bicyclic) bond motifs is 1. The van der Waals surface area contributed by atoms with Crippen LogP contribution in [0, 0.1) is 11.6 Å². The Hall–Kier alpha value is -3.70. The summed E-state index contributed by atoms with van der Waals surface area (Å²) in [6, 6.07) is 4.08. The standard InChI is InChI=1S/C18H14F4N8/c19-9-1-8(10-6-25-28-13(10)2-9)5-23-17-24-7-12(20)16(27-17)26-15-3-14(29-30-15)11-4-18(11,21)22/h1-3,6-7,11H,4-5H2,(H,25,28)(H3,23,24,26,27,29,30). The molecule has 4 aromatic rings. The molecule has 1 fully saturated rings. The van der Waals surface area contributed by atoms with Crippen molar-refractivity contribution < 1.29 is 17.6 Å². The van der Waals surface area contributed by atoms with Gasteiger partial charge in [-0.1, -0.05) is 0 Å². The molecule has 0 amide bonds. The van der Waals surface area contributed by atoms with Crippen LogP contribution < -0.4 is 10.6 Å². The first-order chi connectivity index (χ1) is 14.4. The van der Waals surface area contributed by atoms with Gasteiger partial charge in [-0.2, -0.15) is 15.2 Å². The molecule has 0 aliphatic heterocycles. The average molecular weight is 418 g/mol. The number of halogens is 4. The SMILES string of the molecule is Fc1cc(CNc2ncc(F)c(Nc3cc(C4CC4(F)F)[nH]n3)n2)c2cn[nH]c2c1. The molecule has 8 nitrogen and oxygen atoms in total. The third-order valence-corrected chi connectivity index (χ3v) is 4.84. The number of aromatic amines is 2. The Bertz CT molecular complexity index is 1230. The Kier molecular flexibility index (Phi) is 4.08. The summed E-state index contributed by atoms with van der Waals surface area (Å²) in [5.41, 5.74) is 1.43. The van der Waals surface area contributed by atoms with Crippen LogP contribution in [-0.4, -0.2) is 36.3 Å². The van der Waals surface area contributed by atoms with Crippen molar-refractivity contribution in [1.82, 2.24) is 30.4 Å². The second-order valence-electron chi connectivity index (χ2n) is 6.99. The molecule has 3 aromatic heterocycles. The summed E-state index contributed by atoms with van der Waals surface area (Å²) < 4.78 is 54.2. The van der Waals surface area contributed by atoms with Crippen molar-refractivity contribution in [2.45, 2.75) is 24.8 Å². The Morgan fingerprint density at radius 3 is 2.77 bits per heavy atom. The van der Waals surface area contributed by atoms with Gasteiger partial charge in [-0.15, -0.1) is 0 Å². The number of hydrogen-bond donors (Lipinski definition) is 4. The van der Waals surface area contributed by atoms with E-state index in [0.29, 0.717) is 11.1 Å². The molecule has 154 valence electrons. The molecule has 5 rings (SSSR count). The lowest BCUT2D eigenvalue weighted by atomic mass is 10.1. The van der Waals surface area contributed by atoms with Crippen LogP contribution in [0.5, 0.6) is 0 Å². The van der Waals surface area contributed by atoms with Crippen LogP contribution in [0.4, 0.5) is 35.1 Å². The lowest BCUT2D eigenvalue weighted by molar-refractivity contribution is 0.111. The maximum absolute atomic E-state index is 14.1. The first-order valence-electron chi connectivity index (χ1n) is 8.97. The lowest BCUT2D eigenvalue weighted by Gasteiger charge is -2.09. The molecule has 30 heavy (non-hydrogen) atoms. The summed E-state index contributed by atoms with van der Waals surface area (Å²) in [5.74, 6) is -4.75. The van der Waals surface area contributed by atoms with Crippen molar-refractivity contribution in [3.05, 3.63) is 53.5 Å². The summed E-state index contributed by atoms with van der Waals surface area (Å²) in [6.07, 6.45) is 2.29. The largest absolute Gasteiger partial charge is 0.350 e. The Morgan fingerprint density at radius 1 is 1.13 bits per heavy atom. The number of aromatic nitrogens is 6. The van der Waals surface area contributed by atoms with E-state index in [1.807, 2.05) is 0 Å². The zero-order valence-corrected chi connectivity index (χ0v) is 15.2. The van der Waals surface area contributed by atoms with Gasteiger partial charge in [0.2, 0.25) is 5.95 Å². The van der Waals surface area contributed by atoms with Gasteiger partial charge in [0.1, 0.15) is 5.82 Å². The second kappa shape index (κ2) is 6.68. The van der Waals surface area contributed by atoms with Gasteiger partial charge >= 0.3 is 0 Å². The van der Waals surface area contributed by atoms with Crippen LogP contribution >= 0.6 is 0 Å². The molecule has 1 atom stereocenters. The molecule has 0 bridgehead atoms. The quantitative estimate of drug-likeness (QED) is 0.355. The van der Waals surface area contributed by atoms with E-state index in [1.54, 1.807) is 6.20 Å². The number of hydrogen-bond acceptors (Lipinski definition) is 6. The molecule has 1 saturated carbocycles. The predicted octanol–water partition coefficient (Wildman–Crippen LogP) is 3.83. The van der Waals surface area contributed by atoms with Crippen LogP contribution in [-0.2, 0) is 6.54 Å². The number of alkyl halides is 2. The van der Waals surface area contributed by atoms with Gasteiger partial charge in [-0.3, -0.25) is 10.2 Å². The normalized spacial score (nSPS) is 17.3. The third-order valence-electron chi connectivity index (χ3n) is 4.84. The van der Waals surface area contributed by atoms with Gasteiger partial charge in [0, 0.05) is 30.1 Å². The smallest absolute Gasteiger partial charge is 0.257 e. The molecule has 3 heterocycles. The second-order valence-corrected chi connectivity index (χ2v) is 6.99. The van der Waals surface area contributed by atoms with Gasteiger partial charge in [-0.05, 0) is 17.7 Å². The van der Waals surface area contributed by atoms with Gasteiger partial charge in [0.05, 0.1) is 23.8 Å². The fourth-order valence-corrected chi connectivity index (χ4v) is 3.20. The summed E-state index contributed by atoms with van der Waals surface area (Å²) in [7, 11) is 0. The number of nitrogens with zero attached hydrogens (tertiary/aromatic N) is 4. The number of nitrogens with one attached hydrogen (secondary N) is 4. The fraction of sp³-hybridized carbons (Fsp3) is 0.222. The molecule has 0 saturated heterocycles. The molecule has 0 radical (unpaired) electrons. The summed E-state index contributed by atoms with van der Waals surface area (Å²) >= 11 is 0. The Balaban J connectivity index is 1.32. The first kappa shape index (κ1) is 18.3. The van der Waals surface area contributed by atoms with Crippen LogP contribution in [0.25, 0.3) is 10.9 Å². The monoisotopic (exact) mass is 418 g/mol. The molecule has 4 N–H and O–H groups in total. The number of benzene rings is 1. The maximum Gasteiger partial charge on any atom is 0.257 e. The van der Waals surface area contributed by atoms with Crippen molar-refractivity contribution in [3.63, 3.8) is 0 Å². The number of H-pyrrole nitrogens is 2. The minimum Gasteiger partial charge on any atom is -0.350 e. The summed E-state index contributed by atoms with van der Waals surface area (Å²) in [5, 5.41) is 19.3. The van der Waals surface area contributed by atoms with Gasteiger partial charge in [-0.25, -0.2) is 22.5 Å². The number of anilines is 3. The van der Waals surface area contributed by atoms with Crippen molar-refractivity contribution in [1.29, 1.82) is 0 Å². The maximum atomic E-state index is 14.1. The molecular weight excluding hydrogens is 404 g/mol. The highest BCUT2D eigenvalue weighted by Crippen LogP contribution is 2.55. The molecule has 1 unspecified atom stereocenters. The van der Waals surface area contributed by atoms with Gasteiger partial charge in [0.25, 0.3) is 5.92 Å². The highest BCUT2D eigenvalue weighted by molar-refractivity contribution is 5.81. The minimum absolute atomic E-state index is 0.0873. The van der Waals surface area contributed by atoms with Crippen LogP contribution in [0.15, 0.2) is 30.6 Å². The van der Waals surface area contributed by atoms with Gasteiger partial charge < -0.3 is 10.6 Å². The molecule has 1 aliphatic carbocycles. The van der Waals surface area contributed by atoms with Crippen LogP contribution in [0.1, 0.15) is 23.6 Å². The average Bonchev–Trinajstić information content (AvgIpc) is 3.08. The van der Waals surface area contributed by atoms with E-state index in [0.717, 1.165) is 11.6 Å². The van der Waals surface area contributed by atoms with Crippen molar-refractivity contribution >= 4 is 28.5 Å². The summed E-state index contributed by atoms with van der Waals surface area (Å²) in [6.45, 7) is 0.169. The minimum atomic E-state index is -2.74. The van der Waals surface area contributed by atoms with E-state index >= 15 is 0 Å². The highest BCUT2D eigenvalue weighted by Gasteiger charge is 2.58.